The molecule has 490 valence electrons. The molecule has 3 amide bonds. The van der Waals surface area contributed by atoms with Crippen LogP contribution in [0.25, 0.3) is 11.1 Å². The van der Waals surface area contributed by atoms with E-state index in [4.69, 9.17) is 79.6 Å². The number of hydrogen-bond acceptors (Lipinski definition) is 11. The molecule has 0 saturated heterocycles. The van der Waals surface area contributed by atoms with Gasteiger partial charge in [-0.3, -0.25) is 9.59 Å². The molecule has 4 aliphatic rings. The Balaban J connectivity index is 0.000000218. The number of aryl methyl sites for hydroxylation is 4. The molecule has 0 radical (unpaired) electrons. The van der Waals surface area contributed by atoms with E-state index in [9.17, 15) is 14.4 Å². The smallest absolute Gasteiger partial charge is 0.410 e. The van der Waals surface area contributed by atoms with Crippen LogP contribution in [-0.2, 0) is 36.9 Å². The van der Waals surface area contributed by atoms with Crippen LogP contribution in [0.15, 0.2) is 132 Å². The molecular formula is C74H86Cl4N4O10. The van der Waals surface area contributed by atoms with Gasteiger partial charge < -0.3 is 53.2 Å². The molecule has 92 heavy (non-hydrogen) atoms. The molecule has 2 fully saturated rings. The summed E-state index contributed by atoms with van der Waals surface area (Å²) in [4.78, 5) is 48.2. The summed E-state index contributed by atoms with van der Waals surface area (Å²) in [6.07, 6.45) is 5.12. The van der Waals surface area contributed by atoms with Crippen molar-refractivity contribution in [2.24, 2.45) is 0 Å². The van der Waals surface area contributed by atoms with Crippen molar-refractivity contribution in [3.8, 4) is 23.0 Å². The maximum absolute atomic E-state index is 14.8. The first-order chi connectivity index (χ1) is 44.2. The number of rotatable bonds is 25. The van der Waals surface area contributed by atoms with Gasteiger partial charge in [0.25, 0.3) is 11.8 Å². The molecule has 14 nitrogen and oxygen atoms in total. The molecule has 6 aromatic carbocycles. The van der Waals surface area contributed by atoms with Crippen LogP contribution in [0.4, 0.5) is 4.79 Å². The van der Waals surface area contributed by atoms with E-state index in [0.717, 1.165) is 105 Å². The first kappa shape index (κ1) is 69.6. The van der Waals surface area contributed by atoms with E-state index in [1.807, 2.05) is 174 Å². The van der Waals surface area contributed by atoms with Crippen molar-refractivity contribution >= 4 is 75.5 Å². The third-order valence-corrected chi connectivity index (χ3v) is 18.4. The van der Waals surface area contributed by atoms with Crippen molar-refractivity contribution in [2.45, 2.75) is 143 Å². The second-order valence-corrected chi connectivity index (χ2v) is 26.4. The standard InChI is InChI=1S/C39H46Cl2N2O5.C35H40Cl2N2O5/c1-7-33-34(37(44)43(29-16-17-29)24-28-12-9-13-32(40)35(28)41)31(20-21-42(33)38(45)48-39(4,5)6)27-14-18-30(19-15-27)46-22-23-47-36-25(2)10-8-11-26(36)3;1-23-6-4-7-24(2)34(23)44-19-18-43-28-14-10-25(11-15-28)29-16-17-38-31(21-42-22-41-3)32(29)35(40)39(27-12-13-27)20-26-8-5-9-30(36)33(26)37/h8-15,18-19,29,33H,7,16-17,20-24H2,1-6H3;4-11,14-15,27,31,38H,12-13,16-22H2,1-3H3/t33-;31-/m11/s1. The van der Waals surface area contributed by atoms with Gasteiger partial charge in [0.05, 0.1) is 38.8 Å². The van der Waals surface area contributed by atoms with Crippen LogP contribution < -0.4 is 24.3 Å². The van der Waals surface area contributed by atoms with Crippen LogP contribution in [0.3, 0.4) is 0 Å². The van der Waals surface area contributed by atoms with Gasteiger partial charge in [-0.2, -0.15) is 0 Å². The third-order valence-electron chi connectivity index (χ3n) is 16.7. The molecule has 6 aromatic rings. The summed E-state index contributed by atoms with van der Waals surface area (Å²) >= 11 is 25.8. The number of carbonyl (C=O) groups excluding carboxylic acids is 3. The first-order valence-corrected chi connectivity index (χ1v) is 33.3. The van der Waals surface area contributed by atoms with Crippen LogP contribution in [0, 0.1) is 27.7 Å². The van der Waals surface area contributed by atoms with E-state index in [-0.39, 0.29) is 36.7 Å². The minimum Gasteiger partial charge on any atom is -0.490 e. The lowest BCUT2D eigenvalue weighted by Gasteiger charge is -2.40. The highest BCUT2D eigenvalue weighted by atomic mass is 35.5. The molecule has 18 heteroatoms. The average Bonchev–Trinajstić information content (AvgIpc) is 1.71. The molecule has 2 atom stereocenters. The molecule has 0 unspecified atom stereocenters. The van der Waals surface area contributed by atoms with Gasteiger partial charge in [0.15, 0.2) is 0 Å². The monoisotopic (exact) mass is 1330 g/mol. The summed E-state index contributed by atoms with van der Waals surface area (Å²) in [5.41, 5.74) is 10.6. The Morgan fingerprint density at radius 3 is 1.45 bits per heavy atom. The van der Waals surface area contributed by atoms with E-state index in [1.165, 1.54) is 0 Å². The molecule has 1 N–H and O–H groups in total. The molecule has 0 aromatic heterocycles. The van der Waals surface area contributed by atoms with E-state index >= 15 is 0 Å². The molecule has 10 rings (SSSR count). The van der Waals surface area contributed by atoms with Gasteiger partial charge in [-0.15, -0.1) is 0 Å². The Labute approximate surface area is 563 Å². The quantitative estimate of drug-likeness (QED) is 0.0433. The van der Waals surface area contributed by atoms with Crippen LogP contribution in [0.2, 0.25) is 20.1 Å². The fraction of sp³-hybridized carbons (Fsp3) is 0.419. The second-order valence-electron chi connectivity index (χ2n) is 24.8. The largest absolute Gasteiger partial charge is 0.490 e. The zero-order valence-corrected chi connectivity index (χ0v) is 57.3. The van der Waals surface area contributed by atoms with Crippen molar-refractivity contribution in [2.75, 3.05) is 60.0 Å². The topological polar surface area (TPSA) is 138 Å². The zero-order valence-electron chi connectivity index (χ0n) is 54.3. The average molecular weight is 1330 g/mol. The lowest BCUT2D eigenvalue weighted by Crippen LogP contribution is -2.50. The van der Waals surface area contributed by atoms with Crippen LogP contribution in [-0.4, -0.2) is 122 Å². The van der Waals surface area contributed by atoms with Crippen molar-refractivity contribution in [1.82, 2.24) is 20.0 Å². The van der Waals surface area contributed by atoms with E-state index in [2.05, 4.69) is 5.32 Å². The zero-order chi connectivity index (χ0) is 65.6. The number of benzene rings is 6. The van der Waals surface area contributed by atoms with Gasteiger partial charge in [0.1, 0.15) is 61.8 Å². The summed E-state index contributed by atoms with van der Waals surface area (Å²) in [7, 11) is 1.59. The summed E-state index contributed by atoms with van der Waals surface area (Å²) in [5.74, 6) is 3.15. The van der Waals surface area contributed by atoms with Gasteiger partial charge in [0.2, 0.25) is 0 Å². The Hall–Kier alpha value is -6.75. The van der Waals surface area contributed by atoms with E-state index < -0.39 is 17.7 Å². The summed E-state index contributed by atoms with van der Waals surface area (Å²) in [6.45, 7) is 19.8. The number of carbonyl (C=O) groups is 3. The number of amides is 3. The molecule has 2 heterocycles. The number of nitrogens with zero attached hydrogens (tertiary/aromatic N) is 3. The summed E-state index contributed by atoms with van der Waals surface area (Å²) < 4.78 is 40.7. The lowest BCUT2D eigenvalue weighted by molar-refractivity contribution is -0.130. The number of ether oxygens (including phenoxy) is 7. The maximum atomic E-state index is 14.8. The van der Waals surface area contributed by atoms with Gasteiger partial charge in [0, 0.05) is 50.0 Å². The Bertz CT molecular complexity index is 3560. The van der Waals surface area contributed by atoms with Crippen molar-refractivity contribution < 1.29 is 47.5 Å². The van der Waals surface area contributed by atoms with Crippen molar-refractivity contribution in [3.05, 3.63) is 197 Å². The lowest BCUT2D eigenvalue weighted by atomic mass is 9.86. The molecule has 2 aliphatic heterocycles. The van der Waals surface area contributed by atoms with Gasteiger partial charge >= 0.3 is 6.09 Å². The fourth-order valence-electron chi connectivity index (χ4n) is 11.9. The Morgan fingerprint density at radius 2 is 1.01 bits per heavy atom. The van der Waals surface area contributed by atoms with E-state index in [1.54, 1.807) is 24.1 Å². The first-order valence-electron chi connectivity index (χ1n) is 31.8. The highest BCUT2D eigenvalue weighted by molar-refractivity contribution is 6.43. The summed E-state index contributed by atoms with van der Waals surface area (Å²) in [5, 5.41) is 5.38. The fourth-order valence-corrected chi connectivity index (χ4v) is 12.7. The summed E-state index contributed by atoms with van der Waals surface area (Å²) in [6, 6.07) is 38.6. The number of halogens is 4. The van der Waals surface area contributed by atoms with Crippen LogP contribution in [0.5, 0.6) is 23.0 Å². The van der Waals surface area contributed by atoms with Crippen LogP contribution in [0.1, 0.15) is 117 Å². The Morgan fingerprint density at radius 1 is 0.576 bits per heavy atom. The molecule has 0 bridgehead atoms. The molecule has 2 saturated carbocycles. The predicted octanol–water partition coefficient (Wildman–Crippen LogP) is 16.4. The van der Waals surface area contributed by atoms with Gasteiger partial charge in [-0.1, -0.05) is 138 Å². The van der Waals surface area contributed by atoms with E-state index in [0.29, 0.717) is 109 Å². The Kier molecular flexibility index (Phi) is 24.5. The van der Waals surface area contributed by atoms with Crippen molar-refractivity contribution in [1.29, 1.82) is 0 Å². The number of hydrogen-bond donors (Lipinski definition) is 1. The minimum atomic E-state index is -0.660. The van der Waals surface area contributed by atoms with Crippen molar-refractivity contribution in [3.63, 3.8) is 0 Å². The number of para-hydroxylation sites is 2. The molecule has 2 aliphatic carbocycles. The highest BCUT2D eigenvalue weighted by Gasteiger charge is 2.43. The second kappa shape index (κ2) is 32.4. The normalized spacial score (nSPS) is 16.6. The van der Waals surface area contributed by atoms with Gasteiger partial charge in [-0.25, -0.2) is 4.79 Å². The third kappa shape index (κ3) is 18.1. The minimum absolute atomic E-state index is 0.0132. The highest BCUT2D eigenvalue weighted by Crippen LogP contribution is 2.41. The SMILES string of the molecule is CC[C@@H]1C(C(=O)N(Cc2cccc(Cl)c2Cl)C2CC2)=C(c2ccc(OCCOc3c(C)cccc3C)cc2)CCN1C(=O)OC(C)(C)C.COCOC[C@H]1NCCC(c2ccc(OCCOc3c(C)cccc3C)cc2)=C1C(=O)N(Cc1cccc(Cl)c1Cl)C1CC1. The number of methoxy groups -OCH3 is 1. The predicted molar refractivity (Wildman–Crippen MR) is 366 cm³/mol. The number of nitrogens with one attached hydrogen (secondary N) is 1. The maximum Gasteiger partial charge on any atom is 0.410 e. The molecular weight excluding hydrogens is 1250 g/mol. The molecule has 0 spiro atoms. The van der Waals surface area contributed by atoms with Crippen LogP contribution >= 0.6 is 46.4 Å². The van der Waals surface area contributed by atoms with Gasteiger partial charge in [-0.05, 0) is 192 Å².